The first-order valence-corrected chi connectivity index (χ1v) is 14.8. The van der Waals surface area contributed by atoms with E-state index >= 15 is 0 Å². The van der Waals surface area contributed by atoms with Crippen molar-refractivity contribution >= 4 is 17.9 Å². The number of piperidine rings is 1. The molecule has 3 heterocycles. The van der Waals surface area contributed by atoms with Crippen molar-refractivity contribution in [3.8, 4) is 5.75 Å². The third-order valence-electron chi connectivity index (χ3n) is 7.44. The van der Waals surface area contributed by atoms with Crippen molar-refractivity contribution in [1.82, 2.24) is 25.7 Å². The Labute approximate surface area is 251 Å². The molecular weight excluding hydrogens is 550 g/mol. The number of nitrogens with one attached hydrogen (secondary N) is 2. The smallest absolute Gasteiger partial charge is 0.410 e. The summed E-state index contributed by atoms with van der Waals surface area (Å²) in [6.07, 6.45) is 5.86. The van der Waals surface area contributed by atoms with Gasteiger partial charge < -0.3 is 29.5 Å². The number of hydrogen-bond acceptors (Lipinski definition) is 8. The summed E-state index contributed by atoms with van der Waals surface area (Å²) in [4.78, 5) is 44.2. The molecule has 1 saturated heterocycles. The number of carbonyl (C=O) groups is 3. The van der Waals surface area contributed by atoms with Crippen LogP contribution >= 0.6 is 0 Å². The lowest BCUT2D eigenvalue weighted by molar-refractivity contribution is 0.0185. The highest BCUT2D eigenvalue weighted by atomic mass is 16.6. The molecule has 0 radical (unpaired) electrons. The van der Waals surface area contributed by atoms with E-state index in [1.807, 2.05) is 39.8 Å². The summed E-state index contributed by atoms with van der Waals surface area (Å²) in [5, 5.41) is 9.65. The Morgan fingerprint density at radius 1 is 1.00 bits per heavy atom. The van der Waals surface area contributed by atoms with Crippen molar-refractivity contribution in [3.05, 3.63) is 77.4 Å². The van der Waals surface area contributed by atoms with Crippen LogP contribution < -0.4 is 15.4 Å². The summed E-state index contributed by atoms with van der Waals surface area (Å²) in [5.74, 6) is 0.365. The Bertz CT molecular complexity index is 1400. The van der Waals surface area contributed by atoms with Crippen LogP contribution in [0.3, 0.4) is 0 Å². The molecule has 11 nitrogen and oxygen atoms in total. The Balaban J connectivity index is 1.23. The molecule has 11 heteroatoms. The van der Waals surface area contributed by atoms with Gasteiger partial charge in [-0.15, -0.1) is 0 Å². The van der Waals surface area contributed by atoms with Gasteiger partial charge in [0.1, 0.15) is 29.4 Å². The molecule has 3 amide bonds. The van der Waals surface area contributed by atoms with Gasteiger partial charge in [-0.2, -0.15) is 0 Å². The standard InChI is InChI=1S/C32H39N5O6/c1-20(34-30(39)27-15-17-41-36-27)28(23-11-9-22(10-12-23)21-7-8-21)42-25-13-14-26(33-18-25)29(38)35-24-6-5-16-37(19-24)31(40)43-32(2,3)4/h9-15,17-18,20-21,24,28H,5-8,16,19H2,1-4H3,(H,34,39)(H,35,38)/t20?,24-,28-/m0/s1. The number of amides is 3. The topological polar surface area (TPSA) is 136 Å². The summed E-state index contributed by atoms with van der Waals surface area (Å²) in [5.41, 5.74) is 2.02. The maximum atomic E-state index is 13.0. The Morgan fingerprint density at radius 3 is 2.40 bits per heavy atom. The molecule has 2 aliphatic rings. The molecule has 1 aliphatic carbocycles. The number of rotatable bonds is 9. The Hall–Kier alpha value is -4.41. The molecule has 1 saturated carbocycles. The number of ether oxygens (including phenoxy) is 2. The summed E-state index contributed by atoms with van der Waals surface area (Å²) < 4.78 is 16.6. The molecular formula is C32H39N5O6. The van der Waals surface area contributed by atoms with Crippen molar-refractivity contribution in [3.63, 3.8) is 0 Å². The van der Waals surface area contributed by atoms with Gasteiger partial charge in [-0.1, -0.05) is 29.4 Å². The van der Waals surface area contributed by atoms with E-state index in [1.54, 1.807) is 17.0 Å². The average Bonchev–Trinajstić information content (AvgIpc) is 3.68. The van der Waals surface area contributed by atoms with E-state index in [4.69, 9.17) is 14.0 Å². The molecule has 0 bridgehead atoms. The molecule has 5 rings (SSSR count). The van der Waals surface area contributed by atoms with Gasteiger partial charge in [0.25, 0.3) is 11.8 Å². The largest absolute Gasteiger partial charge is 0.482 e. The van der Waals surface area contributed by atoms with Crippen LogP contribution in [0, 0.1) is 0 Å². The quantitative estimate of drug-likeness (QED) is 0.355. The molecule has 228 valence electrons. The van der Waals surface area contributed by atoms with Gasteiger partial charge in [0.05, 0.1) is 12.2 Å². The molecule has 2 fully saturated rings. The van der Waals surface area contributed by atoms with Gasteiger partial charge in [-0.05, 0) is 82.6 Å². The minimum Gasteiger partial charge on any atom is -0.482 e. The minimum absolute atomic E-state index is 0.180. The van der Waals surface area contributed by atoms with Crippen LogP contribution in [0.1, 0.15) is 97.5 Å². The number of aromatic nitrogens is 2. The van der Waals surface area contributed by atoms with E-state index in [0.29, 0.717) is 24.8 Å². The van der Waals surface area contributed by atoms with Gasteiger partial charge >= 0.3 is 6.09 Å². The normalized spacial score (nSPS) is 18.3. The summed E-state index contributed by atoms with van der Waals surface area (Å²) >= 11 is 0. The molecule has 1 aliphatic heterocycles. The molecule has 3 atom stereocenters. The lowest BCUT2D eigenvalue weighted by Crippen LogP contribution is -2.50. The maximum absolute atomic E-state index is 13.0. The van der Waals surface area contributed by atoms with E-state index < -0.39 is 17.7 Å². The highest BCUT2D eigenvalue weighted by Gasteiger charge is 2.30. The van der Waals surface area contributed by atoms with Crippen LogP contribution in [-0.2, 0) is 4.74 Å². The third-order valence-corrected chi connectivity index (χ3v) is 7.44. The zero-order valence-corrected chi connectivity index (χ0v) is 25.0. The van der Waals surface area contributed by atoms with E-state index in [2.05, 4.69) is 32.9 Å². The first-order valence-electron chi connectivity index (χ1n) is 14.8. The fourth-order valence-corrected chi connectivity index (χ4v) is 5.10. The zero-order chi connectivity index (χ0) is 30.6. The van der Waals surface area contributed by atoms with Gasteiger partial charge in [0.15, 0.2) is 5.69 Å². The van der Waals surface area contributed by atoms with Crippen molar-refractivity contribution in [1.29, 1.82) is 0 Å². The maximum Gasteiger partial charge on any atom is 0.410 e. The Morgan fingerprint density at radius 2 is 1.77 bits per heavy atom. The zero-order valence-electron chi connectivity index (χ0n) is 25.0. The lowest BCUT2D eigenvalue weighted by Gasteiger charge is -2.34. The molecule has 1 aromatic carbocycles. The highest BCUT2D eigenvalue weighted by Crippen LogP contribution is 2.40. The Kier molecular flexibility index (Phi) is 8.98. The molecule has 1 unspecified atom stereocenters. The van der Waals surface area contributed by atoms with E-state index in [0.717, 1.165) is 18.4 Å². The number of carbonyl (C=O) groups excluding carboxylic acids is 3. The van der Waals surface area contributed by atoms with Gasteiger partial charge in [0, 0.05) is 25.2 Å². The van der Waals surface area contributed by atoms with Crippen LogP contribution in [0.2, 0.25) is 0 Å². The molecule has 3 aromatic rings. The van der Waals surface area contributed by atoms with Crippen molar-refractivity contribution < 1.29 is 28.4 Å². The van der Waals surface area contributed by atoms with Gasteiger partial charge in [-0.3, -0.25) is 9.59 Å². The number of likely N-dealkylation sites (tertiary alicyclic amines) is 1. The minimum atomic E-state index is -0.583. The predicted molar refractivity (Wildman–Crippen MR) is 158 cm³/mol. The second-order valence-electron chi connectivity index (χ2n) is 12.2. The molecule has 0 spiro atoms. The second-order valence-corrected chi connectivity index (χ2v) is 12.2. The summed E-state index contributed by atoms with van der Waals surface area (Å²) in [6.45, 7) is 8.31. The van der Waals surface area contributed by atoms with Crippen LogP contribution in [0.5, 0.6) is 5.75 Å². The van der Waals surface area contributed by atoms with Crippen LogP contribution in [0.15, 0.2) is 59.4 Å². The SMILES string of the molecule is CC(NC(=O)c1ccon1)[C@H](Oc1ccc(C(=O)N[C@H]2CCCN(C(=O)OC(C)(C)C)C2)nc1)c1ccc(C2CC2)cc1. The number of hydrogen-bond donors (Lipinski definition) is 2. The number of benzene rings is 1. The fraction of sp³-hybridized carbons (Fsp3) is 0.469. The van der Waals surface area contributed by atoms with E-state index in [-0.39, 0.29) is 35.3 Å². The van der Waals surface area contributed by atoms with Gasteiger partial charge in [-0.25, -0.2) is 9.78 Å². The first kappa shape index (κ1) is 30.1. The van der Waals surface area contributed by atoms with Crippen molar-refractivity contribution in [2.75, 3.05) is 13.1 Å². The van der Waals surface area contributed by atoms with Crippen molar-refractivity contribution in [2.45, 2.75) is 83.1 Å². The number of nitrogens with zero attached hydrogens (tertiary/aromatic N) is 3. The summed E-state index contributed by atoms with van der Waals surface area (Å²) in [7, 11) is 0. The van der Waals surface area contributed by atoms with E-state index in [1.165, 1.54) is 36.9 Å². The predicted octanol–water partition coefficient (Wildman–Crippen LogP) is 5.01. The van der Waals surface area contributed by atoms with Crippen LogP contribution in [-0.4, -0.2) is 63.7 Å². The van der Waals surface area contributed by atoms with E-state index in [9.17, 15) is 14.4 Å². The van der Waals surface area contributed by atoms with Crippen LogP contribution in [0.4, 0.5) is 4.79 Å². The molecule has 2 N–H and O–H groups in total. The van der Waals surface area contributed by atoms with Crippen LogP contribution in [0.25, 0.3) is 0 Å². The third kappa shape index (κ3) is 8.12. The second kappa shape index (κ2) is 12.8. The molecule has 43 heavy (non-hydrogen) atoms. The first-order chi connectivity index (χ1) is 20.6. The van der Waals surface area contributed by atoms with Gasteiger partial charge in [0.2, 0.25) is 0 Å². The summed E-state index contributed by atoms with van der Waals surface area (Å²) in [6, 6.07) is 12.4. The van der Waals surface area contributed by atoms with Crippen molar-refractivity contribution in [2.24, 2.45) is 0 Å². The average molecular weight is 590 g/mol. The number of pyridine rings is 1. The highest BCUT2D eigenvalue weighted by molar-refractivity contribution is 5.93. The lowest BCUT2D eigenvalue weighted by atomic mass is 10.00. The monoisotopic (exact) mass is 589 g/mol. The fourth-order valence-electron chi connectivity index (χ4n) is 5.10. The molecule has 2 aromatic heterocycles.